The fourth-order valence-corrected chi connectivity index (χ4v) is 1.80. The van der Waals surface area contributed by atoms with Crippen molar-refractivity contribution in [2.24, 2.45) is 0 Å². The number of rotatable bonds is 4. The zero-order valence-corrected chi connectivity index (χ0v) is 11.7. The molecule has 0 bridgehead atoms. The largest absolute Gasteiger partial charge is 0.483 e. The molecule has 0 fully saturated rings. The summed E-state index contributed by atoms with van der Waals surface area (Å²) >= 11 is 0. The number of alkyl halides is 3. The summed E-state index contributed by atoms with van der Waals surface area (Å²) in [6.07, 6.45) is -4.56. The monoisotopic (exact) mass is 320 g/mol. The third-order valence-electron chi connectivity index (χ3n) is 2.85. The number of nitrogens with one attached hydrogen (secondary N) is 1. The lowest BCUT2D eigenvalue weighted by atomic mass is 10.2. The Hall–Kier alpha value is -3.01. The van der Waals surface area contributed by atoms with Gasteiger partial charge in [-0.05, 0) is 36.4 Å². The van der Waals surface area contributed by atoms with Crippen LogP contribution < -0.4 is 10.1 Å². The van der Waals surface area contributed by atoms with Crippen LogP contribution in [0, 0.1) is 11.3 Å². The van der Waals surface area contributed by atoms with Crippen LogP contribution in [-0.2, 0) is 11.0 Å². The van der Waals surface area contributed by atoms with Crippen LogP contribution in [0.15, 0.2) is 48.5 Å². The van der Waals surface area contributed by atoms with E-state index in [1.807, 2.05) is 6.07 Å². The molecule has 4 nitrogen and oxygen atoms in total. The van der Waals surface area contributed by atoms with Gasteiger partial charge in [0.2, 0.25) is 0 Å². The molecule has 118 valence electrons. The van der Waals surface area contributed by atoms with Crippen molar-refractivity contribution in [3.05, 3.63) is 59.7 Å². The highest BCUT2D eigenvalue weighted by molar-refractivity contribution is 5.91. The van der Waals surface area contributed by atoms with Gasteiger partial charge in [-0.15, -0.1) is 0 Å². The topological polar surface area (TPSA) is 62.1 Å². The Morgan fingerprint density at radius 1 is 1.13 bits per heavy atom. The Balaban J connectivity index is 1.98. The van der Waals surface area contributed by atoms with Crippen LogP contribution in [-0.4, -0.2) is 12.5 Å². The van der Waals surface area contributed by atoms with Crippen LogP contribution >= 0.6 is 0 Å². The molecule has 0 aliphatic rings. The zero-order valence-electron chi connectivity index (χ0n) is 11.7. The first-order valence-electron chi connectivity index (χ1n) is 6.49. The summed E-state index contributed by atoms with van der Waals surface area (Å²) in [5.41, 5.74) is -0.0915. The number of carbonyl (C=O) groups excluding carboxylic acids is 1. The van der Waals surface area contributed by atoms with Crippen molar-refractivity contribution in [2.45, 2.75) is 6.18 Å². The van der Waals surface area contributed by atoms with Crippen molar-refractivity contribution in [2.75, 3.05) is 11.9 Å². The molecule has 7 heteroatoms. The Morgan fingerprint density at radius 3 is 2.39 bits per heavy atom. The fourth-order valence-electron chi connectivity index (χ4n) is 1.80. The number of hydrogen-bond acceptors (Lipinski definition) is 3. The molecular formula is C16H11F3N2O2. The summed E-state index contributed by atoms with van der Waals surface area (Å²) in [5, 5.41) is 11.1. The maximum Gasteiger partial charge on any atom is 0.419 e. The molecule has 2 aromatic carbocycles. The van der Waals surface area contributed by atoms with Crippen molar-refractivity contribution < 1.29 is 22.7 Å². The number of nitriles is 1. The molecule has 2 rings (SSSR count). The first-order valence-corrected chi connectivity index (χ1v) is 6.49. The maximum absolute atomic E-state index is 12.8. The molecule has 0 radical (unpaired) electrons. The second-order valence-corrected chi connectivity index (χ2v) is 4.52. The Kier molecular flexibility index (Phi) is 4.86. The molecule has 1 N–H and O–H groups in total. The van der Waals surface area contributed by atoms with Gasteiger partial charge in [-0.25, -0.2) is 0 Å². The third kappa shape index (κ3) is 4.48. The van der Waals surface area contributed by atoms with Crippen molar-refractivity contribution in [1.29, 1.82) is 5.26 Å². The molecule has 2 aromatic rings. The number of benzene rings is 2. The van der Waals surface area contributed by atoms with Gasteiger partial charge in [0, 0.05) is 5.69 Å². The molecular weight excluding hydrogens is 309 g/mol. The van der Waals surface area contributed by atoms with Gasteiger partial charge >= 0.3 is 6.18 Å². The first kappa shape index (κ1) is 16.4. The first-order chi connectivity index (χ1) is 10.9. The lowest BCUT2D eigenvalue weighted by Crippen LogP contribution is -2.21. The zero-order chi connectivity index (χ0) is 16.9. The number of halogens is 3. The van der Waals surface area contributed by atoms with E-state index in [0.717, 1.165) is 12.1 Å². The fraction of sp³-hybridized carbons (Fsp3) is 0.125. The predicted octanol–water partition coefficient (Wildman–Crippen LogP) is 3.59. The van der Waals surface area contributed by atoms with E-state index >= 15 is 0 Å². The van der Waals surface area contributed by atoms with Crippen LogP contribution in [0.25, 0.3) is 0 Å². The van der Waals surface area contributed by atoms with E-state index < -0.39 is 30.0 Å². The lowest BCUT2D eigenvalue weighted by molar-refractivity contribution is -0.139. The Bertz CT molecular complexity index is 734. The van der Waals surface area contributed by atoms with Gasteiger partial charge in [-0.1, -0.05) is 12.1 Å². The van der Waals surface area contributed by atoms with Gasteiger partial charge in [0.25, 0.3) is 5.91 Å². The van der Waals surface area contributed by atoms with E-state index in [2.05, 4.69) is 5.32 Å². The van der Waals surface area contributed by atoms with Crippen molar-refractivity contribution in [3.8, 4) is 11.8 Å². The second kappa shape index (κ2) is 6.83. The van der Waals surface area contributed by atoms with E-state index in [0.29, 0.717) is 11.3 Å². The molecule has 0 atom stereocenters. The summed E-state index contributed by atoms with van der Waals surface area (Å²) in [7, 11) is 0. The molecule has 0 aliphatic carbocycles. The smallest absolute Gasteiger partial charge is 0.419 e. The van der Waals surface area contributed by atoms with Crippen LogP contribution in [0.4, 0.5) is 18.9 Å². The van der Waals surface area contributed by atoms with Crippen LogP contribution in [0.3, 0.4) is 0 Å². The van der Waals surface area contributed by atoms with E-state index in [9.17, 15) is 18.0 Å². The highest BCUT2D eigenvalue weighted by atomic mass is 19.4. The predicted molar refractivity (Wildman–Crippen MR) is 76.7 cm³/mol. The minimum absolute atomic E-state index is 0.407. The van der Waals surface area contributed by atoms with Crippen molar-refractivity contribution in [3.63, 3.8) is 0 Å². The average molecular weight is 320 g/mol. The van der Waals surface area contributed by atoms with E-state index in [1.165, 1.54) is 36.4 Å². The number of ether oxygens (including phenoxy) is 1. The van der Waals surface area contributed by atoms with Gasteiger partial charge in [0.05, 0.1) is 17.2 Å². The van der Waals surface area contributed by atoms with E-state index in [1.54, 1.807) is 0 Å². The number of carbonyl (C=O) groups is 1. The highest BCUT2D eigenvalue weighted by Gasteiger charge is 2.34. The quantitative estimate of drug-likeness (QED) is 0.936. The Morgan fingerprint density at radius 2 is 1.78 bits per heavy atom. The third-order valence-corrected chi connectivity index (χ3v) is 2.85. The summed E-state index contributed by atoms with van der Waals surface area (Å²) in [6, 6.07) is 12.6. The van der Waals surface area contributed by atoms with Crippen LogP contribution in [0.1, 0.15) is 11.1 Å². The highest BCUT2D eigenvalue weighted by Crippen LogP contribution is 2.35. The number of para-hydroxylation sites is 1. The van der Waals surface area contributed by atoms with Gasteiger partial charge in [0.1, 0.15) is 5.75 Å². The van der Waals surface area contributed by atoms with Crippen LogP contribution in [0.2, 0.25) is 0 Å². The molecule has 0 saturated carbocycles. The molecule has 0 aromatic heterocycles. The summed E-state index contributed by atoms with van der Waals surface area (Å²) in [6.45, 7) is -0.562. The summed E-state index contributed by atoms with van der Waals surface area (Å²) in [5.74, 6) is -1.01. The second-order valence-electron chi connectivity index (χ2n) is 4.52. The Labute approximate surface area is 130 Å². The van der Waals surface area contributed by atoms with Crippen molar-refractivity contribution in [1.82, 2.24) is 0 Å². The number of nitrogens with zero attached hydrogens (tertiary/aromatic N) is 1. The SMILES string of the molecule is N#Cc1ccc(NC(=O)COc2ccccc2C(F)(F)F)cc1. The number of amides is 1. The maximum atomic E-state index is 12.8. The number of hydrogen-bond donors (Lipinski definition) is 1. The molecule has 0 saturated heterocycles. The van der Waals surface area contributed by atoms with Crippen molar-refractivity contribution >= 4 is 11.6 Å². The average Bonchev–Trinajstić information content (AvgIpc) is 2.53. The molecule has 1 amide bonds. The molecule has 23 heavy (non-hydrogen) atoms. The lowest BCUT2D eigenvalue weighted by Gasteiger charge is -2.13. The van der Waals surface area contributed by atoms with Gasteiger partial charge in [-0.2, -0.15) is 18.4 Å². The van der Waals surface area contributed by atoms with Gasteiger partial charge in [-0.3, -0.25) is 4.79 Å². The van der Waals surface area contributed by atoms with Gasteiger partial charge in [0.15, 0.2) is 6.61 Å². The minimum atomic E-state index is -4.56. The molecule has 0 aliphatic heterocycles. The normalized spacial score (nSPS) is 10.7. The van der Waals surface area contributed by atoms with E-state index in [4.69, 9.17) is 10.00 Å². The van der Waals surface area contributed by atoms with E-state index in [-0.39, 0.29) is 0 Å². The molecule has 0 unspecified atom stereocenters. The minimum Gasteiger partial charge on any atom is -0.483 e. The molecule has 0 spiro atoms. The van der Waals surface area contributed by atoms with Gasteiger partial charge < -0.3 is 10.1 Å². The molecule has 0 heterocycles. The summed E-state index contributed by atoms with van der Waals surface area (Å²) < 4.78 is 43.3. The number of anilines is 1. The van der Waals surface area contributed by atoms with Crippen LogP contribution in [0.5, 0.6) is 5.75 Å². The summed E-state index contributed by atoms with van der Waals surface area (Å²) in [4.78, 5) is 11.7. The standard InChI is InChI=1S/C16H11F3N2O2/c17-16(18,19)13-3-1-2-4-14(13)23-10-15(22)21-12-7-5-11(9-20)6-8-12/h1-8H,10H2,(H,21,22).